The lowest BCUT2D eigenvalue weighted by Crippen LogP contribution is -1.97. The van der Waals surface area contributed by atoms with Gasteiger partial charge in [0.25, 0.3) is 0 Å². The van der Waals surface area contributed by atoms with Crippen molar-refractivity contribution in [3.8, 4) is 0 Å². The van der Waals surface area contributed by atoms with Crippen LogP contribution in [0.5, 0.6) is 0 Å². The fourth-order valence-electron chi connectivity index (χ4n) is 1.23. The molecule has 17 heavy (non-hydrogen) atoms. The fraction of sp³-hybridized carbons (Fsp3) is 0. The van der Waals surface area contributed by atoms with Gasteiger partial charge in [-0.15, -0.1) is 5.69 Å². The number of sulfonamides is 1. The van der Waals surface area contributed by atoms with Gasteiger partial charge in [-0.2, -0.15) is 0 Å². The molecule has 0 bridgehead atoms. The Morgan fingerprint density at radius 2 is 1.82 bits per heavy atom. The van der Waals surface area contributed by atoms with Crippen LogP contribution in [0.15, 0.2) is 58.2 Å². The van der Waals surface area contributed by atoms with Gasteiger partial charge in [0.15, 0.2) is 0 Å². The second-order valence-corrected chi connectivity index (χ2v) is 5.76. The number of benzene rings is 1. The zero-order valence-electron chi connectivity index (χ0n) is 8.62. The maximum absolute atomic E-state index is 11.9. The third-order valence-electron chi connectivity index (χ3n) is 1.96. The van der Waals surface area contributed by atoms with Crippen LogP contribution in [0.4, 0.5) is 5.69 Å². The number of aromatic nitrogens is 1. The number of pyridine rings is 1. The summed E-state index contributed by atoms with van der Waals surface area (Å²) in [6.45, 7) is 0. The summed E-state index contributed by atoms with van der Waals surface area (Å²) in [7, 11) is -3.67. The van der Waals surface area contributed by atoms with Crippen molar-refractivity contribution >= 4 is 31.6 Å². The molecule has 0 aliphatic heterocycles. The third-order valence-corrected chi connectivity index (χ3v) is 3.71. The molecule has 0 spiro atoms. The van der Waals surface area contributed by atoms with E-state index in [0.717, 1.165) is 0 Å². The monoisotopic (exact) mass is 311 g/mol. The highest BCUT2D eigenvalue weighted by molar-refractivity contribution is 9.10. The first kappa shape index (κ1) is 12.1. The van der Waals surface area contributed by atoms with Crippen molar-refractivity contribution in [1.82, 2.24) is 4.98 Å². The molecule has 6 heteroatoms. The van der Waals surface area contributed by atoms with Crippen molar-refractivity contribution in [1.29, 1.82) is 0 Å². The van der Waals surface area contributed by atoms with Gasteiger partial charge >= 0.3 is 0 Å². The predicted octanol–water partition coefficient (Wildman–Crippen LogP) is 3.24. The Balaban J connectivity index is 2.30. The maximum Gasteiger partial charge on any atom is 0.123 e. The molecule has 0 aliphatic carbocycles. The summed E-state index contributed by atoms with van der Waals surface area (Å²) in [6, 6.07) is 9.66. The highest BCUT2D eigenvalue weighted by atomic mass is 79.9. The Morgan fingerprint density at radius 1 is 1.12 bits per heavy atom. The van der Waals surface area contributed by atoms with Crippen LogP contribution in [-0.2, 0) is 10.0 Å². The van der Waals surface area contributed by atoms with Crippen LogP contribution >= 0.6 is 15.9 Å². The van der Waals surface area contributed by atoms with Crippen molar-refractivity contribution in [2.24, 2.45) is 0 Å². The standard InChI is InChI=1S/C11H8BrN2O2S/c12-9-6-10(8-13-7-9)14-17(15,16)11-4-2-1-3-5-11/h1-8H/q-1. The number of hydrogen-bond donors (Lipinski definition) is 0. The lowest BCUT2D eigenvalue weighted by molar-refractivity contribution is 0.603. The van der Waals surface area contributed by atoms with Crippen molar-refractivity contribution in [3.63, 3.8) is 0 Å². The molecule has 0 atom stereocenters. The van der Waals surface area contributed by atoms with Gasteiger partial charge < -0.3 is 4.72 Å². The van der Waals surface area contributed by atoms with Crippen LogP contribution < -0.4 is 0 Å². The third kappa shape index (κ3) is 3.04. The topological polar surface area (TPSA) is 61.1 Å². The minimum Gasteiger partial charge on any atom is -0.571 e. The SMILES string of the molecule is O=S(=O)([N-]c1cncc(Br)c1)c1ccccc1. The molecule has 1 aromatic heterocycles. The van der Waals surface area contributed by atoms with Gasteiger partial charge in [-0.25, -0.2) is 8.42 Å². The Morgan fingerprint density at radius 3 is 2.47 bits per heavy atom. The van der Waals surface area contributed by atoms with E-state index in [4.69, 9.17) is 0 Å². The van der Waals surface area contributed by atoms with E-state index >= 15 is 0 Å². The lowest BCUT2D eigenvalue weighted by Gasteiger charge is -2.21. The molecule has 2 aromatic rings. The fourth-order valence-corrected chi connectivity index (χ4v) is 2.57. The zero-order valence-corrected chi connectivity index (χ0v) is 11.0. The van der Waals surface area contributed by atoms with E-state index in [2.05, 4.69) is 25.6 Å². The molecule has 0 radical (unpaired) electrons. The van der Waals surface area contributed by atoms with Gasteiger partial charge in [-0.3, -0.25) is 4.98 Å². The Hall–Kier alpha value is -1.40. The van der Waals surface area contributed by atoms with Crippen LogP contribution in [0.1, 0.15) is 0 Å². The Labute approximate surface area is 108 Å². The van der Waals surface area contributed by atoms with Crippen molar-refractivity contribution in [2.75, 3.05) is 0 Å². The first-order valence-electron chi connectivity index (χ1n) is 4.71. The van der Waals surface area contributed by atoms with Crippen LogP contribution in [0.2, 0.25) is 0 Å². The van der Waals surface area contributed by atoms with Crippen LogP contribution in [0.3, 0.4) is 0 Å². The number of nitrogens with zero attached hydrogens (tertiary/aromatic N) is 2. The number of halogens is 1. The summed E-state index contributed by atoms with van der Waals surface area (Å²) in [5.41, 5.74) is 0.295. The molecule has 0 fully saturated rings. The van der Waals surface area contributed by atoms with Gasteiger partial charge in [0.05, 0.1) is 4.90 Å². The summed E-state index contributed by atoms with van der Waals surface area (Å²) in [5.74, 6) is 0. The first-order valence-corrected chi connectivity index (χ1v) is 6.95. The smallest absolute Gasteiger partial charge is 0.123 e. The van der Waals surface area contributed by atoms with Crippen LogP contribution in [0.25, 0.3) is 4.72 Å². The van der Waals surface area contributed by atoms with Crippen LogP contribution in [0, 0.1) is 0 Å². The highest BCUT2D eigenvalue weighted by Crippen LogP contribution is 2.28. The summed E-state index contributed by atoms with van der Waals surface area (Å²) in [6.07, 6.45) is 2.96. The summed E-state index contributed by atoms with van der Waals surface area (Å²) < 4.78 is 28.2. The molecule has 2 rings (SSSR count). The Kier molecular flexibility index (Phi) is 3.44. The molecular formula is C11H8BrN2O2S-. The summed E-state index contributed by atoms with van der Waals surface area (Å²) >= 11 is 3.21. The average molecular weight is 312 g/mol. The molecule has 0 unspecified atom stereocenters. The molecule has 0 aliphatic rings. The van der Waals surface area contributed by atoms with Gasteiger partial charge in [-0.05, 0) is 28.1 Å². The van der Waals surface area contributed by atoms with E-state index in [1.54, 1.807) is 30.5 Å². The predicted molar refractivity (Wildman–Crippen MR) is 68.6 cm³/mol. The van der Waals surface area contributed by atoms with Gasteiger partial charge in [0, 0.05) is 16.9 Å². The van der Waals surface area contributed by atoms with E-state index < -0.39 is 10.0 Å². The maximum atomic E-state index is 11.9. The van der Waals surface area contributed by atoms with E-state index in [1.807, 2.05) is 0 Å². The minimum absolute atomic E-state index is 0.167. The Bertz CT molecular complexity index is 614. The lowest BCUT2D eigenvalue weighted by atomic mass is 10.4. The van der Waals surface area contributed by atoms with E-state index in [0.29, 0.717) is 10.2 Å². The van der Waals surface area contributed by atoms with E-state index in [9.17, 15) is 8.42 Å². The van der Waals surface area contributed by atoms with Crippen molar-refractivity contribution < 1.29 is 8.42 Å². The number of rotatable bonds is 3. The first-order chi connectivity index (χ1) is 8.08. The van der Waals surface area contributed by atoms with Crippen molar-refractivity contribution in [2.45, 2.75) is 4.90 Å². The average Bonchev–Trinajstić information content (AvgIpc) is 2.29. The van der Waals surface area contributed by atoms with E-state index in [1.165, 1.54) is 18.3 Å². The second-order valence-electron chi connectivity index (χ2n) is 3.24. The summed E-state index contributed by atoms with van der Waals surface area (Å²) in [4.78, 5) is 4.02. The molecule has 88 valence electrons. The quantitative estimate of drug-likeness (QED) is 0.874. The van der Waals surface area contributed by atoms with Crippen LogP contribution in [-0.4, -0.2) is 13.4 Å². The zero-order chi connectivity index (χ0) is 12.3. The second kappa shape index (κ2) is 4.85. The van der Waals surface area contributed by atoms with Gasteiger partial charge in [0.2, 0.25) is 0 Å². The highest BCUT2D eigenvalue weighted by Gasteiger charge is 2.03. The number of hydrogen-bond acceptors (Lipinski definition) is 3. The molecule has 0 amide bonds. The molecule has 1 aromatic carbocycles. The van der Waals surface area contributed by atoms with E-state index in [-0.39, 0.29) is 4.90 Å². The van der Waals surface area contributed by atoms with Gasteiger partial charge in [0.1, 0.15) is 10.0 Å². The van der Waals surface area contributed by atoms with Gasteiger partial charge in [-0.1, -0.05) is 24.3 Å². The molecule has 0 N–H and O–H groups in total. The normalized spacial score (nSPS) is 11.1. The summed E-state index contributed by atoms with van der Waals surface area (Å²) in [5, 5.41) is 0. The largest absolute Gasteiger partial charge is 0.571 e. The van der Waals surface area contributed by atoms with Crippen molar-refractivity contribution in [3.05, 3.63) is 58.0 Å². The molecule has 1 heterocycles. The molecule has 0 saturated heterocycles. The molecule has 0 saturated carbocycles. The minimum atomic E-state index is -3.67. The molecular weight excluding hydrogens is 304 g/mol. The molecule has 4 nitrogen and oxygen atoms in total.